The lowest BCUT2D eigenvalue weighted by molar-refractivity contribution is 0.284. The third-order valence-electron chi connectivity index (χ3n) is 3.70. The molecule has 1 heterocycles. The summed E-state index contributed by atoms with van der Waals surface area (Å²) in [5.41, 5.74) is 0.751. The first kappa shape index (κ1) is 20.1. The molecule has 28 heavy (non-hydrogen) atoms. The summed E-state index contributed by atoms with van der Waals surface area (Å²) in [7, 11) is 1.52. The van der Waals surface area contributed by atoms with E-state index < -0.39 is 5.56 Å². The highest BCUT2D eigenvalue weighted by atomic mass is 35.5. The van der Waals surface area contributed by atoms with Gasteiger partial charge in [0.05, 0.1) is 13.3 Å². The van der Waals surface area contributed by atoms with Gasteiger partial charge in [0.2, 0.25) is 4.77 Å². The average Bonchev–Trinajstić information content (AvgIpc) is 2.67. The van der Waals surface area contributed by atoms with Crippen LogP contribution in [0.5, 0.6) is 11.5 Å². The van der Waals surface area contributed by atoms with E-state index in [-0.39, 0.29) is 11.4 Å². The molecule has 0 fully saturated rings. The minimum atomic E-state index is -0.465. The van der Waals surface area contributed by atoms with E-state index in [4.69, 9.17) is 44.9 Å². The van der Waals surface area contributed by atoms with Crippen LogP contribution in [0.2, 0.25) is 10.0 Å². The molecule has 3 aromatic rings. The molecule has 0 radical (unpaired) electrons. The van der Waals surface area contributed by atoms with Gasteiger partial charge in [-0.15, -0.1) is 0 Å². The van der Waals surface area contributed by atoms with E-state index in [2.05, 4.69) is 15.3 Å². The normalized spacial score (nSPS) is 11.0. The van der Waals surface area contributed by atoms with Crippen LogP contribution >= 0.6 is 35.4 Å². The van der Waals surface area contributed by atoms with Crippen molar-refractivity contribution in [2.24, 2.45) is 5.10 Å². The summed E-state index contributed by atoms with van der Waals surface area (Å²) in [6.45, 7) is 0.120. The number of halogens is 2. The molecule has 7 nitrogen and oxygen atoms in total. The summed E-state index contributed by atoms with van der Waals surface area (Å²) >= 11 is 17.4. The minimum absolute atomic E-state index is 0.0666. The van der Waals surface area contributed by atoms with Crippen molar-refractivity contribution >= 4 is 41.6 Å². The standard InChI is InChI=1S/C18H14Cl2N4O3S/c1-26-15-7-2-4-11(8-22-24-16(25)9-21-23-18(24)28)17(15)27-10-12-13(19)5-3-6-14(12)20/h2-9H,10H2,1H3,(H,23,28)/b22-8+. The van der Waals surface area contributed by atoms with Crippen molar-refractivity contribution in [2.45, 2.75) is 6.61 Å². The molecule has 1 aromatic heterocycles. The molecule has 0 bridgehead atoms. The number of hydrogen-bond acceptors (Lipinski definition) is 6. The number of para-hydroxylation sites is 1. The molecule has 3 rings (SSSR count). The van der Waals surface area contributed by atoms with Gasteiger partial charge < -0.3 is 9.47 Å². The second-order valence-corrected chi connectivity index (χ2v) is 6.64. The fourth-order valence-corrected chi connectivity index (χ4v) is 3.03. The van der Waals surface area contributed by atoms with Crippen molar-refractivity contribution in [3.8, 4) is 11.5 Å². The molecule has 2 aromatic carbocycles. The van der Waals surface area contributed by atoms with Gasteiger partial charge in [-0.05, 0) is 36.5 Å². The van der Waals surface area contributed by atoms with Crippen molar-refractivity contribution in [1.82, 2.24) is 14.9 Å². The second kappa shape index (κ2) is 9.01. The number of aromatic amines is 1. The zero-order chi connectivity index (χ0) is 20.1. The number of ether oxygens (including phenoxy) is 2. The first-order chi connectivity index (χ1) is 13.5. The highest BCUT2D eigenvalue weighted by Gasteiger charge is 2.12. The van der Waals surface area contributed by atoms with Gasteiger partial charge in [-0.3, -0.25) is 9.89 Å². The molecule has 144 valence electrons. The quantitative estimate of drug-likeness (QED) is 0.464. The van der Waals surface area contributed by atoms with Crippen LogP contribution in [0.15, 0.2) is 52.5 Å². The Kier molecular flexibility index (Phi) is 6.45. The first-order valence-corrected chi connectivity index (χ1v) is 9.11. The van der Waals surface area contributed by atoms with E-state index >= 15 is 0 Å². The van der Waals surface area contributed by atoms with Gasteiger partial charge in [0.25, 0.3) is 5.56 Å². The molecule has 0 unspecified atom stereocenters. The molecule has 10 heteroatoms. The fraction of sp³-hybridized carbons (Fsp3) is 0.111. The molecule has 0 aliphatic heterocycles. The molecule has 0 saturated heterocycles. The topological polar surface area (TPSA) is 81.5 Å². The highest BCUT2D eigenvalue weighted by Crippen LogP contribution is 2.32. The van der Waals surface area contributed by atoms with Crippen LogP contribution in [0.1, 0.15) is 11.1 Å². The zero-order valence-corrected chi connectivity index (χ0v) is 16.9. The van der Waals surface area contributed by atoms with Gasteiger partial charge in [-0.1, -0.05) is 35.3 Å². The maximum absolute atomic E-state index is 11.9. The molecule has 0 spiro atoms. The molecular formula is C18H14Cl2N4O3S. The second-order valence-electron chi connectivity index (χ2n) is 5.44. The number of nitrogens with zero attached hydrogens (tertiary/aromatic N) is 3. The van der Waals surface area contributed by atoms with Gasteiger partial charge in [-0.25, -0.2) is 0 Å². The maximum Gasteiger partial charge on any atom is 0.293 e. The predicted molar refractivity (Wildman–Crippen MR) is 110 cm³/mol. The summed E-state index contributed by atoms with van der Waals surface area (Å²) < 4.78 is 12.4. The van der Waals surface area contributed by atoms with Gasteiger partial charge in [0.1, 0.15) is 12.8 Å². The number of nitrogens with one attached hydrogen (secondary N) is 1. The number of methoxy groups -OCH3 is 1. The van der Waals surface area contributed by atoms with Gasteiger partial charge in [-0.2, -0.15) is 14.9 Å². The molecule has 0 atom stereocenters. The number of benzene rings is 2. The fourth-order valence-electron chi connectivity index (χ4n) is 2.34. The van der Waals surface area contributed by atoms with E-state index in [1.54, 1.807) is 36.4 Å². The van der Waals surface area contributed by atoms with Gasteiger partial charge in [0.15, 0.2) is 11.5 Å². The van der Waals surface area contributed by atoms with Gasteiger partial charge in [0, 0.05) is 21.2 Å². The Hall–Kier alpha value is -2.68. The van der Waals surface area contributed by atoms with Crippen molar-refractivity contribution in [2.75, 3.05) is 7.11 Å². The summed E-state index contributed by atoms with van der Waals surface area (Å²) in [5, 5.41) is 11.2. The summed E-state index contributed by atoms with van der Waals surface area (Å²) in [6.07, 6.45) is 2.52. The third-order valence-corrected chi connectivity index (χ3v) is 4.67. The Labute approximate surface area is 175 Å². The maximum atomic E-state index is 11.9. The Balaban J connectivity index is 1.96. The van der Waals surface area contributed by atoms with Crippen molar-refractivity contribution in [3.05, 3.63) is 78.9 Å². The smallest absolute Gasteiger partial charge is 0.293 e. The van der Waals surface area contributed by atoms with Crippen molar-refractivity contribution in [3.63, 3.8) is 0 Å². The first-order valence-electron chi connectivity index (χ1n) is 7.95. The van der Waals surface area contributed by atoms with E-state index in [0.29, 0.717) is 32.7 Å². The minimum Gasteiger partial charge on any atom is -0.493 e. The lowest BCUT2D eigenvalue weighted by Gasteiger charge is -2.14. The van der Waals surface area contributed by atoms with Crippen LogP contribution in [-0.4, -0.2) is 28.2 Å². The Morgan fingerprint density at radius 1 is 1.25 bits per heavy atom. The number of H-pyrrole nitrogens is 1. The summed E-state index contributed by atoms with van der Waals surface area (Å²) in [5.74, 6) is 0.904. The van der Waals surface area contributed by atoms with E-state index in [9.17, 15) is 4.79 Å². The summed E-state index contributed by atoms with van der Waals surface area (Å²) in [4.78, 5) is 11.9. The average molecular weight is 437 g/mol. The van der Waals surface area contributed by atoms with Crippen LogP contribution in [0.3, 0.4) is 0 Å². The van der Waals surface area contributed by atoms with Crippen LogP contribution in [0, 0.1) is 4.77 Å². The lowest BCUT2D eigenvalue weighted by atomic mass is 10.2. The molecule has 1 N–H and O–H groups in total. The Bertz CT molecular complexity index is 1100. The molecular weight excluding hydrogens is 423 g/mol. The molecule has 0 saturated carbocycles. The van der Waals surface area contributed by atoms with Crippen LogP contribution < -0.4 is 15.0 Å². The van der Waals surface area contributed by atoms with Crippen LogP contribution in [0.25, 0.3) is 0 Å². The van der Waals surface area contributed by atoms with E-state index in [1.165, 1.54) is 13.3 Å². The zero-order valence-electron chi connectivity index (χ0n) is 14.6. The molecule has 0 aliphatic rings. The van der Waals surface area contributed by atoms with Gasteiger partial charge >= 0.3 is 0 Å². The Morgan fingerprint density at radius 2 is 1.96 bits per heavy atom. The number of rotatable bonds is 6. The third kappa shape index (κ3) is 4.41. The van der Waals surface area contributed by atoms with Crippen LogP contribution in [-0.2, 0) is 6.61 Å². The molecule has 0 amide bonds. The van der Waals surface area contributed by atoms with Crippen molar-refractivity contribution < 1.29 is 9.47 Å². The molecule has 0 aliphatic carbocycles. The largest absolute Gasteiger partial charge is 0.493 e. The van der Waals surface area contributed by atoms with E-state index in [0.717, 1.165) is 10.9 Å². The van der Waals surface area contributed by atoms with Crippen LogP contribution in [0.4, 0.5) is 0 Å². The van der Waals surface area contributed by atoms with Crippen molar-refractivity contribution in [1.29, 1.82) is 0 Å². The Morgan fingerprint density at radius 3 is 2.64 bits per heavy atom. The predicted octanol–water partition coefficient (Wildman–Crippen LogP) is 4.08. The lowest BCUT2D eigenvalue weighted by Crippen LogP contribution is -2.18. The number of hydrogen-bond donors (Lipinski definition) is 1. The highest BCUT2D eigenvalue weighted by molar-refractivity contribution is 7.71. The van der Waals surface area contributed by atoms with E-state index in [1.807, 2.05) is 0 Å². The number of aromatic nitrogens is 3. The SMILES string of the molecule is COc1cccc(/C=N/n2c(=O)cn[nH]c2=S)c1OCc1c(Cl)cccc1Cl. The monoisotopic (exact) mass is 436 g/mol. The summed E-state index contributed by atoms with van der Waals surface area (Å²) in [6, 6.07) is 10.5.